The molecule has 0 spiro atoms. The van der Waals surface area contributed by atoms with Crippen LogP contribution in [0, 0.1) is 6.92 Å². The van der Waals surface area contributed by atoms with Gasteiger partial charge < -0.3 is 15.8 Å². The quantitative estimate of drug-likeness (QED) is 0.888. The van der Waals surface area contributed by atoms with E-state index in [9.17, 15) is 4.79 Å². The van der Waals surface area contributed by atoms with E-state index in [1.807, 2.05) is 27.7 Å². The Labute approximate surface area is 124 Å². The van der Waals surface area contributed by atoms with E-state index in [1.165, 1.54) is 0 Å². The highest BCUT2D eigenvalue weighted by atomic mass is 35.5. The van der Waals surface area contributed by atoms with Crippen molar-refractivity contribution in [2.45, 2.75) is 45.8 Å². The number of nitrogens with zero attached hydrogens (tertiary/aromatic N) is 2. The molecule has 0 saturated heterocycles. The molecule has 0 aromatic carbocycles. The van der Waals surface area contributed by atoms with Gasteiger partial charge in [-0.2, -0.15) is 5.10 Å². The molecule has 114 valence electrons. The van der Waals surface area contributed by atoms with Crippen LogP contribution in [0.25, 0.3) is 0 Å². The molecular formula is C13H23ClN4O2. The molecule has 3 N–H and O–H groups in total. The number of carbonyl (C=O) groups is 1. The highest BCUT2D eigenvalue weighted by molar-refractivity contribution is 6.30. The third-order valence-corrected chi connectivity index (χ3v) is 3.20. The summed E-state index contributed by atoms with van der Waals surface area (Å²) in [5.41, 5.74) is 6.89. The van der Waals surface area contributed by atoms with Crippen LogP contribution in [0.5, 0.6) is 0 Å². The number of nitrogens with one attached hydrogen (secondary N) is 1. The SMILES string of the molecule is Cc1nn(C)c(Cl)c1CC(CN)NC(=O)OC(C)(C)C. The maximum atomic E-state index is 11.8. The number of aromatic nitrogens is 2. The van der Waals surface area contributed by atoms with Crippen LogP contribution in [-0.4, -0.2) is 34.1 Å². The Bertz CT molecular complexity index is 479. The molecule has 0 aliphatic rings. The Morgan fingerprint density at radius 3 is 2.55 bits per heavy atom. The summed E-state index contributed by atoms with van der Waals surface area (Å²) in [4.78, 5) is 11.8. The molecule has 20 heavy (non-hydrogen) atoms. The molecule has 0 aliphatic carbocycles. The van der Waals surface area contributed by atoms with Crippen molar-refractivity contribution in [1.29, 1.82) is 0 Å². The number of aryl methyl sites for hydroxylation is 2. The number of hydrogen-bond donors (Lipinski definition) is 2. The first-order valence-electron chi connectivity index (χ1n) is 6.51. The van der Waals surface area contributed by atoms with Crippen molar-refractivity contribution in [3.63, 3.8) is 0 Å². The van der Waals surface area contributed by atoms with Gasteiger partial charge in [0.15, 0.2) is 0 Å². The third kappa shape index (κ3) is 4.68. The first-order chi connectivity index (χ1) is 9.14. The van der Waals surface area contributed by atoms with Crippen LogP contribution < -0.4 is 11.1 Å². The van der Waals surface area contributed by atoms with E-state index in [0.29, 0.717) is 18.1 Å². The number of amides is 1. The molecular weight excluding hydrogens is 280 g/mol. The van der Waals surface area contributed by atoms with Crippen LogP contribution in [0.1, 0.15) is 32.0 Å². The standard InChI is InChI=1S/C13H23ClN4O2/c1-8-10(11(14)18(5)17-8)6-9(7-15)16-12(19)20-13(2,3)4/h9H,6-7,15H2,1-5H3,(H,16,19). The Morgan fingerprint density at radius 2 is 2.15 bits per heavy atom. The van der Waals surface area contributed by atoms with Crippen molar-refractivity contribution in [3.05, 3.63) is 16.4 Å². The second-order valence-electron chi connectivity index (χ2n) is 5.76. The molecule has 1 heterocycles. The summed E-state index contributed by atoms with van der Waals surface area (Å²) in [6, 6.07) is -0.245. The van der Waals surface area contributed by atoms with Crippen molar-refractivity contribution in [2.75, 3.05) is 6.54 Å². The van der Waals surface area contributed by atoms with E-state index in [1.54, 1.807) is 11.7 Å². The minimum atomic E-state index is -0.537. The van der Waals surface area contributed by atoms with Crippen LogP contribution in [0.4, 0.5) is 4.79 Å². The minimum absolute atomic E-state index is 0.245. The Balaban J connectivity index is 2.70. The molecule has 1 atom stereocenters. The molecule has 0 fully saturated rings. The van der Waals surface area contributed by atoms with Gasteiger partial charge in [-0.25, -0.2) is 4.79 Å². The predicted molar refractivity (Wildman–Crippen MR) is 78.9 cm³/mol. The number of halogens is 1. The summed E-state index contributed by atoms with van der Waals surface area (Å²) in [5, 5.41) is 7.55. The fraction of sp³-hybridized carbons (Fsp3) is 0.692. The smallest absolute Gasteiger partial charge is 0.407 e. The van der Waals surface area contributed by atoms with E-state index in [4.69, 9.17) is 22.1 Å². The molecule has 0 radical (unpaired) electrons. The van der Waals surface area contributed by atoms with Gasteiger partial charge in [-0.1, -0.05) is 11.6 Å². The van der Waals surface area contributed by atoms with Gasteiger partial charge in [0, 0.05) is 25.2 Å². The van der Waals surface area contributed by atoms with Crippen LogP contribution in [-0.2, 0) is 18.2 Å². The monoisotopic (exact) mass is 302 g/mol. The van der Waals surface area contributed by atoms with Crippen molar-refractivity contribution < 1.29 is 9.53 Å². The molecule has 1 amide bonds. The molecule has 6 nitrogen and oxygen atoms in total. The number of nitrogens with two attached hydrogens (primary N) is 1. The highest BCUT2D eigenvalue weighted by Crippen LogP contribution is 2.20. The van der Waals surface area contributed by atoms with Gasteiger partial charge in [0.2, 0.25) is 0 Å². The van der Waals surface area contributed by atoms with Crippen molar-refractivity contribution in [1.82, 2.24) is 15.1 Å². The van der Waals surface area contributed by atoms with Crippen LogP contribution in [0.3, 0.4) is 0 Å². The molecule has 1 aromatic heterocycles. The van der Waals surface area contributed by atoms with E-state index in [-0.39, 0.29) is 6.04 Å². The summed E-state index contributed by atoms with van der Waals surface area (Å²) in [7, 11) is 1.78. The van der Waals surface area contributed by atoms with Gasteiger partial charge >= 0.3 is 6.09 Å². The van der Waals surface area contributed by atoms with Crippen LogP contribution in [0.2, 0.25) is 5.15 Å². The molecule has 0 bridgehead atoms. The fourth-order valence-electron chi connectivity index (χ4n) is 1.82. The first kappa shape index (κ1) is 16.8. The lowest BCUT2D eigenvalue weighted by molar-refractivity contribution is 0.0506. The van der Waals surface area contributed by atoms with E-state index < -0.39 is 11.7 Å². The number of hydrogen-bond acceptors (Lipinski definition) is 4. The van der Waals surface area contributed by atoms with Gasteiger partial charge in [-0.15, -0.1) is 0 Å². The van der Waals surface area contributed by atoms with Crippen LogP contribution >= 0.6 is 11.6 Å². The maximum Gasteiger partial charge on any atom is 0.407 e. The van der Waals surface area contributed by atoms with Gasteiger partial charge in [0.25, 0.3) is 0 Å². The Morgan fingerprint density at radius 1 is 1.55 bits per heavy atom. The summed E-state index contributed by atoms with van der Waals surface area (Å²) in [6.45, 7) is 7.61. The summed E-state index contributed by atoms with van der Waals surface area (Å²) in [6.07, 6.45) is 0.0412. The van der Waals surface area contributed by atoms with Gasteiger partial charge in [0.05, 0.1) is 5.69 Å². The lowest BCUT2D eigenvalue weighted by Gasteiger charge is -2.23. The molecule has 7 heteroatoms. The second-order valence-corrected chi connectivity index (χ2v) is 6.12. The second kappa shape index (κ2) is 6.45. The average Bonchev–Trinajstić information content (AvgIpc) is 2.52. The molecule has 1 rings (SSSR count). The largest absolute Gasteiger partial charge is 0.444 e. The zero-order valence-electron chi connectivity index (χ0n) is 12.7. The molecule has 1 aromatic rings. The van der Waals surface area contributed by atoms with Gasteiger partial charge in [0.1, 0.15) is 10.8 Å². The van der Waals surface area contributed by atoms with Gasteiger partial charge in [-0.05, 0) is 34.1 Å². The molecule has 1 unspecified atom stereocenters. The minimum Gasteiger partial charge on any atom is -0.444 e. The Hall–Kier alpha value is -1.27. The molecule has 0 saturated carbocycles. The number of ether oxygens (including phenoxy) is 1. The zero-order chi connectivity index (χ0) is 15.5. The van der Waals surface area contributed by atoms with E-state index in [0.717, 1.165) is 11.3 Å². The lowest BCUT2D eigenvalue weighted by Crippen LogP contribution is -2.44. The van der Waals surface area contributed by atoms with Crippen molar-refractivity contribution in [2.24, 2.45) is 12.8 Å². The van der Waals surface area contributed by atoms with E-state index in [2.05, 4.69) is 10.4 Å². The highest BCUT2D eigenvalue weighted by Gasteiger charge is 2.21. The number of carbonyl (C=O) groups excluding carboxylic acids is 1. The maximum absolute atomic E-state index is 11.8. The van der Waals surface area contributed by atoms with Crippen molar-refractivity contribution in [3.8, 4) is 0 Å². The third-order valence-electron chi connectivity index (χ3n) is 2.73. The zero-order valence-corrected chi connectivity index (χ0v) is 13.4. The molecule has 0 aliphatic heterocycles. The average molecular weight is 303 g/mol. The fourth-order valence-corrected chi connectivity index (χ4v) is 2.07. The summed E-state index contributed by atoms with van der Waals surface area (Å²) >= 11 is 6.17. The van der Waals surface area contributed by atoms with Gasteiger partial charge in [-0.3, -0.25) is 4.68 Å². The van der Waals surface area contributed by atoms with Crippen LogP contribution in [0.15, 0.2) is 0 Å². The first-order valence-corrected chi connectivity index (χ1v) is 6.89. The lowest BCUT2D eigenvalue weighted by atomic mass is 10.1. The van der Waals surface area contributed by atoms with E-state index >= 15 is 0 Å². The summed E-state index contributed by atoms with van der Waals surface area (Å²) in [5.74, 6) is 0. The topological polar surface area (TPSA) is 82.2 Å². The normalized spacial score (nSPS) is 13.2. The number of rotatable bonds is 4. The number of alkyl carbamates (subject to hydrolysis) is 1. The van der Waals surface area contributed by atoms with Crippen molar-refractivity contribution >= 4 is 17.7 Å². The Kier molecular flexibility index (Phi) is 5.42. The summed E-state index contributed by atoms with van der Waals surface area (Å²) < 4.78 is 6.82. The predicted octanol–water partition coefficient (Wildman–Crippen LogP) is 1.78.